The van der Waals surface area contributed by atoms with Crippen LogP contribution >= 0.6 is 0 Å². The molecule has 1 amide bonds. The summed E-state index contributed by atoms with van der Waals surface area (Å²) in [5.41, 5.74) is 6.41. The molecule has 1 aliphatic carbocycles. The van der Waals surface area contributed by atoms with Gasteiger partial charge in [-0.05, 0) is 37.1 Å². The van der Waals surface area contributed by atoms with Crippen molar-refractivity contribution in [1.29, 1.82) is 0 Å². The lowest BCUT2D eigenvalue weighted by molar-refractivity contribution is -0.118. The molecule has 1 fully saturated rings. The van der Waals surface area contributed by atoms with Crippen LogP contribution in [0, 0.1) is 0 Å². The Hall–Kier alpha value is -1.59. The van der Waals surface area contributed by atoms with Gasteiger partial charge in [0.05, 0.1) is 13.7 Å². The molecular formula is C15H23N3O2. The number of rotatable bonds is 7. The van der Waals surface area contributed by atoms with Crippen LogP contribution < -0.4 is 15.8 Å². The average molecular weight is 277 g/mol. The maximum absolute atomic E-state index is 12.1. The van der Waals surface area contributed by atoms with E-state index in [1.807, 2.05) is 24.3 Å². The van der Waals surface area contributed by atoms with Crippen molar-refractivity contribution in [2.45, 2.75) is 25.3 Å². The minimum atomic E-state index is 0.00974. The van der Waals surface area contributed by atoms with Gasteiger partial charge in [-0.25, -0.2) is 0 Å². The van der Waals surface area contributed by atoms with Gasteiger partial charge in [-0.1, -0.05) is 6.42 Å². The zero-order chi connectivity index (χ0) is 14.4. The third kappa shape index (κ3) is 3.95. The lowest BCUT2D eigenvalue weighted by Gasteiger charge is -2.36. The predicted molar refractivity (Wildman–Crippen MR) is 79.9 cm³/mol. The van der Waals surface area contributed by atoms with Crippen LogP contribution in [0.25, 0.3) is 0 Å². The predicted octanol–water partition coefficient (Wildman–Crippen LogP) is 1.45. The van der Waals surface area contributed by atoms with Crippen molar-refractivity contribution in [3.63, 3.8) is 0 Å². The van der Waals surface area contributed by atoms with E-state index in [2.05, 4.69) is 10.2 Å². The molecular weight excluding hydrogens is 254 g/mol. The van der Waals surface area contributed by atoms with Gasteiger partial charge in [0.2, 0.25) is 5.91 Å². The van der Waals surface area contributed by atoms with E-state index >= 15 is 0 Å². The number of nitrogens with one attached hydrogen (secondary N) is 1. The van der Waals surface area contributed by atoms with Crippen LogP contribution in [0.2, 0.25) is 0 Å². The first-order valence-corrected chi connectivity index (χ1v) is 7.11. The number of anilines is 1. The fraction of sp³-hybridized carbons (Fsp3) is 0.533. The molecule has 5 nitrogen and oxygen atoms in total. The zero-order valence-corrected chi connectivity index (χ0v) is 12.0. The summed E-state index contributed by atoms with van der Waals surface area (Å²) >= 11 is 0. The van der Waals surface area contributed by atoms with Gasteiger partial charge in [0.15, 0.2) is 0 Å². The first-order chi connectivity index (χ1) is 9.72. The molecule has 20 heavy (non-hydrogen) atoms. The summed E-state index contributed by atoms with van der Waals surface area (Å²) in [5.74, 6) is 0.790. The van der Waals surface area contributed by atoms with Crippen molar-refractivity contribution < 1.29 is 9.53 Å². The second kappa shape index (κ2) is 7.26. The summed E-state index contributed by atoms with van der Waals surface area (Å²) in [4.78, 5) is 14.3. The van der Waals surface area contributed by atoms with E-state index < -0.39 is 0 Å². The SMILES string of the molecule is COc1ccc(NC(=O)CN(CCN)C2CCC2)cc1. The quantitative estimate of drug-likeness (QED) is 0.791. The Bertz CT molecular complexity index is 429. The summed E-state index contributed by atoms with van der Waals surface area (Å²) in [6.45, 7) is 1.78. The fourth-order valence-corrected chi connectivity index (χ4v) is 2.37. The van der Waals surface area contributed by atoms with E-state index in [0.717, 1.165) is 18.0 Å². The Balaban J connectivity index is 1.86. The molecule has 1 aliphatic rings. The largest absolute Gasteiger partial charge is 0.497 e. The molecule has 1 aromatic carbocycles. The van der Waals surface area contributed by atoms with Crippen LogP contribution in [0.3, 0.4) is 0 Å². The Kier molecular flexibility index (Phi) is 5.38. The van der Waals surface area contributed by atoms with Gasteiger partial charge >= 0.3 is 0 Å². The van der Waals surface area contributed by atoms with Crippen molar-refractivity contribution in [2.24, 2.45) is 5.73 Å². The highest BCUT2D eigenvalue weighted by atomic mass is 16.5. The number of hydrogen-bond donors (Lipinski definition) is 2. The Morgan fingerprint density at radius 2 is 2.10 bits per heavy atom. The van der Waals surface area contributed by atoms with Crippen LogP contribution in [-0.2, 0) is 4.79 Å². The Labute approximate surface area is 120 Å². The highest BCUT2D eigenvalue weighted by molar-refractivity contribution is 5.92. The highest BCUT2D eigenvalue weighted by Crippen LogP contribution is 2.24. The van der Waals surface area contributed by atoms with Gasteiger partial charge in [0, 0.05) is 24.8 Å². The van der Waals surface area contributed by atoms with Crippen LogP contribution in [-0.4, -0.2) is 43.6 Å². The zero-order valence-electron chi connectivity index (χ0n) is 12.0. The molecule has 0 atom stereocenters. The number of amides is 1. The summed E-state index contributed by atoms with van der Waals surface area (Å²) < 4.78 is 5.09. The van der Waals surface area contributed by atoms with Gasteiger partial charge in [-0.15, -0.1) is 0 Å². The van der Waals surface area contributed by atoms with Crippen molar-refractivity contribution in [3.05, 3.63) is 24.3 Å². The molecule has 0 spiro atoms. The maximum Gasteiger partial charge on any atom is 0.238 e. The summed E-state index contributed by atoms with van der Waals surface area (Å²) in [5, 5.41) is 2.91. The molecule has 0 saturated heterocycles. The van der Waals surface area contributed by atoms with Gasteiger partial charge < -0.3 is 15.8 Å². The molecule has 3 N–H and O–H groups in total. The van der Waals surface area contributed by atoms with E-state index in [9.17, 15) is 4.79 Å². The normalized spacial score (nSPS) is 14.9. The number of nitrogens with zero attached hydrogens (tertiary/aromatic N) is 1. The lowest BCUT2D eigenvalue weighted by Crippen LogP contribution is -2.46. The molecule has 1 saturated carbocycles. The molecule has 0 unspecified atom stereocenters. The smallest absolute Gasteiger partial charge is 0.238 e. The molecule has 5 heteroatoms. The number of carbonyl (C=O) groups is 1. The number of nitrogens with two attached hydrogens (primary N) is 1. The second-order valence-corrected chi connectivity index (χ2v) is 5.12. The van der Waals surface area contributed by atoms with Crippen LogP contribution in [0.1, 0.15) is 19.3 Å². The van der Waals surface area contributed by atoms with Gasteiger partial charge in [-0.2, -0.15) is 0 Å². The highest BCUT2D eigenvalue weighted by Gasteiger charge is 2.25. The fourth-order valence-electron chi connectivity index (χ4n) is 2.37. The third-order valence-corrected chi connectivity index (χ3v) is 3.73. The summed E-state index contributed by atoms with van der Waals surface area (Å²) in [6.07, 6.45) is 3.61. The summed E-state index contributed by atoms with van der Waals surface area (Å²) in [7, 11) is 1.62. The first-order valence-electron chi connectivity index (χ1n) is 7.11. The van der Waals surface area contributed by atoms with Crippen molar-refractivity contribution in [1.82, 2.24) is 4.90 Å². The average Bonchev–Trinajstić information content (AvgIpc) is 2.37. The Morgan fingerprint density at radius 1 is 1.40 bits per heavy atom. The van der Waals surface area contributed by atoms with Crippen molar-refractivity contribution >= 4 is 11.6 Å². The second-order valence-electron chi connectivity index (χ2n) is 5.12. The molecule has 0 heterocycles. The van der Waals surface area contributed by atoms with Crippen LogP contribution in [0.4, 0.5) is 5.69 Å². The first kappa shape index (κ1) is 14.8. The van der Waals surface area contributed by atoms with E-state index in [-0.39, 0.29) is 5.91 Å². The van der Waals surface area contributed by atoms with E-state index in [4.69, 9.17) is 10.5 Å². The van der Waals surface area contributed by atoms with Crippen LogP contribution in [0.15, 0.2) is 24.3 Å². The molecule has 0 radical (unpaired) electrons. The number of methoxy groups -OCH3 is 1. The molecule has 110 valence electrons. The van der Waals surface area contributed by atoms with Crippen molar-refractivity contribution in [3.8, 4) is 5.75 Å². The standard InChI is InChI=1S/C15H23N3O2/c1-20-14-7-5-12(6-8-14)17-15(19)11-18(10-9-16)13-3-2-4-13/h5-8,13H,2-4,9-11,16H2,1H3,(H,17,19). The molecule has 2 rings (SSSR count). The van der Waals surface area contributed by atoms with E-state index in [0.29, 0.717) is 19.1 Å². The minimum absolute atomic E-state index is 0.00974. The monoisotopic (exact) mass is 277 g/mol. The number of ether oxygens (including phenoxy) is 1. The van der Waals surface area contributed by atoms with Crippen molar-refractivity contribution in [2.75, 3.05) is 32.1 Å². The van der Waals surface area contributed by atoms with Crippen LogP contribution in [0.5, 0.6) is 5.75 Å². The van der Waals surface area contributed by atoms with E-state index in [1.165, 1.54) is 19.3 Å². The Morgan fingerprint density at radius 3 is 2.60 bits per heavy atom. The molecule has 0 bridgehead atoms. The van der Waals surface area contributed by atoms with E-state index in [1.54, 1.807) is 7.11 Å². The lowest BCUT2D eigenvalue weighted by atomic mass is 9.91. The minimum Gasteiger partial charge on any atom is -0.497 e. The van der Waals surface area contributed by atoms with Gasteiger partial charge in [-0.3, -0.25) is 9.69 Å². The third-order valence-electron chi connectivity index (χ3n) is 3.73. The molecule has 0 aliphatic heterocycles. The number of carbonyl (C=O) groups excluding carboxylic acids is 1. The molecule has 1 aromatic rings. The summed E-state index contributed by atoms with van der Waals surface area (Å²) in [6, 6.07) is 7.87. The van der Waals surface area contributed by atoms with Gasteiger partial charge in [0.1, 0.15) is 5.75 Å². The van der Waals surface area contributed by atoms with Gasteiger partial charge in [0.25, 0.3) is 0 Å². The number of benzene rings is 1. The number of hydrogen-bond acceptors (Lipinski definition) is 4. The molecule has 0 aromatic heterocycles. The topological polar surface area (TPSA) is 67.6 Å². The maximum atomic E-state index is 12.1.